The molecule has 3 rings (SSSR count). The van der Waals surface area contributed by atoms with E-state index in [0.717, 1.165) is 5.56 Å². The van der Waals surface area contributed by atoms with Crippen LogP contribution in [0.2, 0.25) is 0 Å². The Balaban J connectivity index is 1.71. The van der Waals surface area contributed by atoms with Crippen molar-refractivity contribution >= 4 is 17.7 Å². The quantitative estimate of drug-likeness (QED) is 0.636. The van der Waals surface area contributed by atoms with E-state index in [0.29, 0.717) is 17.8 Å². The molecule has 0 radical (unpaired) electrons. The lowest BCUT2D eigenvalue weighted by atomic mass is 10.1. The van der Waals surface area contributed by atoms with E-state index in [4.69, 9.17) is 0 Å². The third-order valence-electron chi connectivity index (χ3n) is 3.72. The van der Waals surface area contributed by atoms with Crippen molar-refractivity contribution in [1.82, 2.24) is 9.78 Å². The molecular weight excluding hydrogens is 352 g/mol. The van der Waals surface area contributed by atoms with Crippen LogP contribution in [0.3, 0.4) is 0 Å². The van der Waals surface area contributed by atoms with Gasteiger partial charge in [0.25, 0.3) is 0 Å². The Kier molecular flexibility index (Phi) is 5.94. The molecule has 27 heavy (non-hydrogen) atoms. The second kappa shape index (κ2) is 8.75. The number of hydrogen-bond acceptors (Lipinski definition) is 3. The van der Waals surface area contributed by atoms with Crippen molar-refractivity contribution in [3.8, 4) is 5.75 Å². The second-order valence-electron chi connectivity index (χ2n) is 5.60. The third-order valence-corrected chi connectivity index (χ3v) is 3.72. The molecule has 138 valence electrons. The molecule has 0 atom stereocenters. The molecule has 0 aliphatic heterocycles. The monoisotopic (exact) mass is 369 g/mol. The van der Waals surface area contributed by atoms with Gasteiger partial charge in [-0.05, 0) is 29.8 Å². The summed E-state index contributed by atoms with van der Waals surface area (Å²) < 4.78 is 31.1. The number of nitrogens with zero attached hydrogens (tertiary/aromatic N) is 2. The van der Waals surface area contributed by atoms with Gasteiger partial charge in [-0.25, -0.2) is 0 Å². The summed E-state index contributed by atoms with van der Waals surface area (Å²) in [6, 6.07) is 15.5. The molecule has 3 aromatic rings. The highest BCUT2D eigenvalue weighted by Crippen LogP contribution is 2.22. The molecule has 0 fully saturated rings. The van der Waals surface area contributed by atoms with Crippen molar-refractivity contribution < 1.29 is 18.3 Å². The molecule has 1 aromatic heterocycles. The molecule has 2 aromatic carbocycles. The van der Waals surface area contributed by atoms with Gasteiger partial charge >= 0.3 is 6.61 Å². The van der Waals surface area contributed by atoms with Gasteiger partial charge in [0.05, 0.1) is 6.54 Å². The first kappa shape index (κ1) is 18.3. The minimum atomic E-state index is -2.93. The fraction of sp³-hybridized carbons (Fsp3) is 0.100. The molecule has 0 aliphatic rings. The Bertz CT molecular complexity index is 924. The van der Waals surface area contributed by atoms with Crippen LogP contribution in [0, 0.1) is 0 Å². The van der Waals surface area contributed by atoms with E-state index in [1.807, 2.05) is 30.5 Å². The number of anilines is 1. The third kappa shape index (κ3) is 5.24. The zero-order valence-corrected chi connectivity index (χ0v) is 14.3. The predicted molar refractivity (Wildman–Crippen MR) is 98.5 cm³/mol. The van der Waals surface area contributed by atoms with Crippen molar-refractivity contribution in [3.63, 3.8) is 0 Å². The van der Waals surface area contributed by atoms with Crippen LogP contribution in [0.25, 0.3) is 6.08 Å². The average molecular weight is 369 g/mol. The van der Waals surface area contributed by atoms with Crippen LogP contribution in [-0.4, -0.2) is 22.3 Å². The Morgan fingerprint density at radius 3 is 2.70 bits per heavy atom. The van der Waals surface area contributed by atoms with Crippen LogP contribution in [0.4, 0.5) is 14.5 Å². The highest BCUT2D eigenvalue weighted by atomic mass is 19.3. The van der Waals surface area contributed by atoms with Crippen LogP contribution in [0.1, 0.15) is 11.1 Å². The summed E-state index contributed by atoms with van der Waals surface area (Å²) in [5, 5.41) is 6.95. The number of carbonyl (C=O) groups is 1. The highest BCUT2D eigenvalue weighted by Gasteiger charge is 2.08. The SMILES string of the molecule is O=C(C=Cc1ccccc1OC(F)F)Nc1ccccc1Cn1cccn1. The number of aromatic nitrogens is 2. The minimum absolute atomic E-state index is 0.00984. The largest absolute Gasteiger partial charge is 0.434 e. The molecule has 0 saturated carbocycles. The van der Waals surface area contributed by atoms with E-state index in [1.165, 1.54) is 18.2 Å². The van der Waals surface area contributed by atoms with Gasteiger partial charge in [0.15, 0.2) is 0 Å². The molecule has 1 N–H and O–H groups in total. The molecule has 0 aliphatic carbocycles. The van der Waals surface area contributed by atoms with Crippen molar-refractivity contribution in [2.24, 2.45) is 0 Å². The Hall–Kier alpha value is -3.48. The van der Waals surface area contributed by atoms with Gasteiger partial charge in [-0.1, -0.05) is 36.4 Å². The second-order valence-corrected chi connectivity index (χ2v) is 5.60. The van der Waals surface area contributed by atoms with Gasteiger partial charge in [-0.3, -0.25) is 9.48 Å². The van der Waals surface area contributed by atoms with Crippen molar-refractivity contribution in [2.45, 2.75) is 13.2 Å². The summed E-state index contributed by atoms with van der Waals surface area (Å²) in [5.41, 5.74) is 1.93. The van der Waals surface area contributed by atoms with Crippen molar-refractivity contribution in [1.29, 1.82) is 0 Å². The lowest BCUT2D eigenvalue weighted by Gasteiger charge is -2.10. The zero-order chi connectivity index (χ0) is 19.1. The summed E-state index contributed by atoms with van der Waals surface area (Å²) in [7, 11) is 0. The van der Waals surface area contributed by atoms with E-state index >= 15 is 0 Å². The van der Waals surface area contributed by atoms with Crippen LogP contribution >= 0.6 is 0 Å². The van der Waals surface area contributed by atoms with Gasteiger partial charge in [0, 0.05) is 29.7 Å². The molecule has 1 amide bonds. The van der Waals surface area contributed by atoms with Gasteiger partial charge < -0.3 is 10.1 Å². The summed E-state index contributed by atoms with van der Waals surface area (Å²) in [6.45, 7) is -2.42. The summed E-state index contributed by atoms with van der Waals surface area (Å²) in [6.07, 6.45) is 6.23. The first-order chi connectivity index (χ1) is 13.1. The van der Waals surface area contributed by atoms with E-state index in [-0.39, 0.29) is 11.7 Å². The molecule has 0 unspecified atom stereocenters. The van der Waals surface area contributed by atoms with Crippen LogP contribution in [0.15, 0.2) is 73.1 Å². The molecule has 0 saturated heterocycles. The zero-order valence-electron chi connectivity index (χ0n) is 14.3. The fourth-order valence-corrected chi connectivity index (χ4v) is 2.51. The standard InChI is InChI=1S/C20H17F2N3O2/c21-20(22)27-18-9-4-2-6-15(18)10-11-19(26)24-17-8-3-1-7-16(17)14-25-13-5-12-23-25/h1-13,20H,14H2,(H,24,26). The summed E-state index contributed by atoms with van der Waals surface area (Å²) in [5.74, 6) is -0.370. The van der Waals surface area contributed by atoms with Crippen molar-refractivity contribution in [2.75, 3.05) is 5.32 Å². The maximum atomic E-state index is 12.5. The first-order valence-electron chi connectivity index (χ1n) is 8.20. The number of para-hydroxylation sites is 2. The molecule has 0 bridgehead atoms. The van der Waals surface area contributed by atoms with Crippen LogP contribution < -0.4 is 10.1 Å². The highest BCUT2D eigenvalue weighted by molar-refractivity contribution is 6.02. The van der Waals surface area contributed by atoms with E-state index < -0.39 is 6.61 Å². The number of carbonyl (C=O) groups excluding carboxylic acids is 1. The van der Waals surface area contributed by atoms with E-state index in [9.17, 15) is 13.6 Å². The summed E-state index contributed by atoms with van der Waals surface area (Å²) in [4.78, 5) is 12.3. The maximum absolute atomic E-state index is 12.5. The fourth-order valence-electron chi connectivity index (χ4n) is 2.51. The Labute approximate surface area is 154 Å². The number of rotatable bonds is 7. The molecule has 1 heterocycles. The molecule has 0 spiro atoms. The molecule has 7 heteroatoms. The Morgan fingerprint density at radius 1 is 1.15 bits per heavy atom. The lowest BCUT2D eigenvalue weighted by molar-refractivity contribution is -0.111. The van der Waals surface area contributed by atoms with E-state index in [1.54, 1.807) is 35.1 Å². The Morgan fingerprint density at radius 2 is 1.93 bits per heavy atom. The van der Waals surface area contributed by atoms with Gasteiger partial charge in [0.1, 0.15) is 5.75 Å². The molecular formula is C20H17F2N3O2. The number of alkyl halides is 2. The van der Waals surface area contributed by atoms with Gasteiger partial charge in [-0.15, -0.1) is 0 Å². The number of hydrogen-bond donors (Lipinski definition) is 1. The number of ether oxygens (including phenoxy) is 1. The van der Waals surface area contributed by atoms with Crippen LogP contribution in [-0.2, 0) is 11.3 Å². The number of halogens is 2. The minimum Gasteiger partial charge on any atom is -0.434 e. The van der Waals surface area contributed by atoms with E-state index in [2.05, 4.69) is 15.2 Å². The summed E-state index contributed by atoms with van der Waals surface area (Å²) >= 11 is 0. The lowest BCUT2D eigenvalue weighted by Crippen LogP contribution is -2.11. The van der Waals surface area contributed by atoms with Gasteiger partial charge in [-0.2, -0.15) is 13.9 Å². The number of benzene rings is 2. The predicted octanol–water partition coefficient (Wildman–Crippen LogP) is 4.18. The first-order valence-corrected chi connectivity index (χ1v) is 8.20. The van der Waals surface area contributed by atoms with Crippen LogP contribution in [0.5, 0.6) is 5.75 Å². The number of amides is 1. The number of nitrogens with one attached hydrogen (secondary N) is 1. The topological polar surface area (TPSA) is 56.1 Å². The maximum Gasteiger partial charge on any atom is 0.387 e. The normalized spacial score (nSPS) is 11.1. The van der Waals surface area contributed by atoms with Crippen molar-refractivity contribution in [3.05, 3.63) is 84.2 Å². The molecule has 5 nitrogen and oxygen atoms in total. The smallest absolute Gasteiger partial charge is 0.387 e. The van der Waals surface area contributed by atoms with Gasteiger partial charge in [0.2, 0.25) is 5.91 Å². The average Bonchev–Trinajstić information content (AvgIpc) is 3.15.